The summed E-state index contributed by atoms with van der Waals surface area (Å²) >= 11 is 0. The third-order valence-electron chi connectivity index (χ3n) is 3.01. The van der Waals surface area contributed by atoms with Crippen molar-refractivity contribution in [3.05, 3.63) is 17.7 Å². The maximum absolute atomic E-state index is 5.68. The van der Waals surface area contributed by atoms with Gasteiger partial charge in [0.25, 0.3) is 0 Å². The zero-order valence-electron chi connectivity index (χ0n) is 9.75. The topological polar surface area (TPSA) is 56.5 Å². The summed E-state index contributed by atoms with van der Waals surface area (Å²) in [5.74, 6) is 1.66. The van der Waals surface area contributed by atoms with Crippen LogP contribution in [0.15, 0.2) is 12.1 Å². The summed E-state index contributed by atoms with van der Waals surface area (Å²) in [6.07, 6.45) is 2.07. The van der Waals surface area contributed by atoms with E-state index in [2.05, 4.69) is 11.4 Å². The lowest BCUT2D eigenvalue weighted by Crippen LogP contribution is -2.32. The number of benzene rings is 1. The van der Waals surface area contributed by atoms with Gasteiger partial charge in [-0.05, 0) is 24.5 Å². The van der Waals surface area contributed by atoms with E-state index in [9.17, 15) is 0 Å². The molecule has 1 unspecified atom stereocenters. The van der Waals surface area contributed by atoms with Gasteiger partial charge in [0, 0.05) is 18.7 Å². The highest BCUT2D eigenvalue weighted by Crippen LogP contribution is 2.37. The first kappa shape index (κ1) is 11.1. The molecule has 0 radical (unpaired) electrons. The molecule has 0 fully saturated rings. The smallest absolute Gasteiger partial charge is 0.145 e. The second kappa shape index (κ2) is 4.61. The number of methoxy groups -OCH3 is 2. The Kier molecular flexibility index (Phi) is 3.19. The maximum atomic E-state index is 5.68. The fourth-order valence-electron chi connectivity index (χ4n) is 2.07. The fourth-order valence-corrected chi connectivity index (χ4v) is 2.07. The summed E-state index contributed by atoms with van der Waals surface area (Å²) in [7, 11) is 3.34. The molecule has 0 saturated heterocycles. The highest BCUT2D eigenvalue weighted by molar-refractivity contribution is 5.66. The van der Waals surface area contributed by atoms with Crippen molar-refractivity contribution in [2.45, 2.75) is 18.9 Å². The van der Waals surface area contributed by atoms with E-state index in [0.29, 0.717) is 12.6 Å². The van der Waals surface area contributed by atoms with E-state index in [-0.39, 0.29) is 0 Å². The Morgan fingerprint density at radius 3 is 2.81 bits per heavy atom. The summed E-state index contributed by atoms with van der Waals surface area (Å²) in [5.41, 5.74) is 7.98. The van der Waals surface area contributed by atoms with Crippen LogP contribution in [0, 0.1) is 0 Å². The third-order valence-corrected chi connectivity index (χ3v) is 3.01. The van der Waals surface area contributed by atoms with E-state index < -0.39 is 0 Å². The van der Waals surface area contributed by atoms with E-state index in [1.807, 2.05) is 6.07 Å². The molecule has 0 aliphatic carbocycles. The van der Waals surface area contributed by atoms with Crippen LogP contribution in [0.1, 0.15) is 12.0 Å². The third kappa shape index (κ3) is 1.93. The number of aryl methyl sites for hydroxylation is 1. The molecule has 1 aromatic carbocycles. The van der Waals surface area contributed by atoms with Gasteiger partial charge >= 0.3 is 0 Å². The molecule has 16 heavy (non-hydrogen) atoms. The number of rotatable bonds is 3. The van der Waals surface area contributed by atoms with Gasteiger partial charge in [-0.1, -0.05) is 0 Å². The molecule has 4 nitrogen and oxygen atoms in total. The largest absolute Gasteiger partial charge is 0.497 e. The van der Waals surface area contributed by atoms with Gasteiger partial charge in [-0.2, -0.15) is 0 Å². The summed E-state index contributed by atoms with van der Waals surface area (Å²) in [5, 5.41) is 3.41. The molecular weight excluding hydrogens is 204 g/mol. The highest BCUT2D eigenvalue weighted by Gasteiger charge is 2.20. The van der Waals surface area contributed by atoms with Crippen LogP contribution in [0.4, 0.5) is 5.69 Å². The van der Waals surface area contributed by atoms with Crippen molar-refractivity contribution in [2.75, 3.05) is 26.1 Å². The monoisotopic (exact) mass is 222 g/mol. The van der Waals surface area contributed by atoms with Crippen LogP contribution in [0.5, 0.6) is 11.5 Å². The fraction of sp³-hybridized carbons (Fsp3) is 0.500. The van der Waals surface area contributed by atoms with Crippen LogP contribution in [0.25, 0.3) is 0 Å². The van der Waals surface area contributed by atoms with Gasteiger partial charge < -0.3 is 20.5 Å². The van der Waals surface area contributed by atoms with Crippen molar-refractivity contribution in [2.24, 2.45) is 5.73 Å². The standard InChI is InChI=1S/C12H18N2O2/c1-15-10-5-8-3-4-9(7-13)14-12(8)11(6-10)16-2/h5-6,9,14H,3-4,7,13H2,1-2H3. The number of ether oxygens (including phenoxy) is 2. The summed E-state index contributed by atoms with van der Waals surface area (Å²) < 4.78 is 10.6. The van der Waals surface area contributed by atoms with E-state index in [1.54, 1.807) is 14.2 Å². The molecule has 1 aliphatic rings. The van der Waals surface area contributed by atoms with Crippen LogP contribution in [-0.4, -0.2) is 26.8 Å². The summed E-state index contributed by atoms with van der Waals surface area (Å²) in [6.45, 7) is 0.647. The molecular formula is C12H18N2O2. The van der Waals surface area contributed by atoms with Gasteiger partial charge in [0.1, 0.15) is 11.5 Å². The number of fused-ring (bicyclic) bond motifs is 1. The van der Waals surface area contributed by atoms with E-state index in [4.69, 9.17) is 15.2 Å². The lowest BCUT2D eigenvalue weighted by Gasteiger charge is -2.27. The molecule has 2 rings (SSSR count). The van der Waals surface area contributed by atoms with Crippen molar-refractivity contribution >= 4 is 5.69 Å². The van der Waals surface area contributed by atoms with Crippen LogP contribution < -0.4 is 20.5 Å². The molecule has 88 valence electrons. The Morgan fingerprint density at radius 2 is 2.19 bits per heavy atom. The minimum absolute atomic E-state index is 0.342. The van der Waals surface area contributed by atoms with Crippen molar-refractivity contribution in [1.82, 2.24) is 0 Å². The first-order valence-corrected chi connectivity index (χ1v) is 5.50. The SMILES string of the molecule is COc1cc2c(c(OC)c1)NC(CN)CC2. The zero-order chi connectivity index (χ0) is 11.5. The Labute approximate surface area is 95.7 Å². The van der Waals surface area contributed by atoms with Crippen molar-refractivity contribution in [1.29, 1.82) is 0 Å². The first-order valence-electron chi connectivity index (χ1n) is 5.50. The van der Waals surface area contributed by atoms with Gasteiger partial charge in [0.2, 0.25) is 0 Å². The first-order chi connectivity index (χ1) is 7.78. The Balaban J connectivity index is 2.38. The molecule has 0 spiro atoms. The number of hydrogen-bond acceptors (Lipinski definition) is 4. The predicted molar refractivity (Wildman–Crippen MR) is 64.3 cm³/mol. The van der Waals surface area contributed by atoms with Gasteiger partial charge in [-0.25, -0.2) is 0 Å². The second-order valence-corrected chi connectivity index (χ2v) is 3.98. The molecule has 1 atom stereocenters. The lowest BCUT2D eigenvalue weighted by atomic mass is 9.97. The number of hydrogen-bond donors (Lipinski definition) is 2. The molecule has 0 saturated carbocycles. The average Bonchev–Trinajstić information content (AvgIpc) is 2.36. The molecule has 3 N–H and O–H groups in total. The minimum atomic E-state index is 0.342. The molecule has 0 bridgehead atoms. The van der Waals surface area contributed by atoms with E-state index >= 15 is 0 Å². The molecule has 1 heterocycles. The minimum Gasteiger partial charge on any atom is -0.497 e. The maximum Gasteiger partial charge on any atom is 0.145 e. The molecule has 1 aromatic rings. The van der Waals surface area contributed by atoms with Gasteiger partial charge in [-0.15, -0.1) is 0 Å². The average molecular weight is 222 g/mol. The molecule has 4 heteroatoms. The Bertz CT molecular complexity index is 362. The molecule has 0 amide bonds. The lowest BCUT2D eigenvalue weighted by molar-refractivity contribution is 0.393. The van der Waals surface area contributed by atoms with Crippen LogP contribution in [0.3, 0.4) is 0 Å². The Hall–Kier alpha value is -1.42. The highest BCUT2D eigenvalue weighted by atomic mass is 16.5. The van der Waals surface area contributed by atoms with Gasteiger partial charge in [0.15, 0.2) is 0 Å². The normalized spacial score (nSPS) is 18.6. The van der Waals surface area contributed by atoms with E-state index in [1.165, 1.54) is 5.56 Å². The van der Waals surface area contributed by atoms with Crippen molar-refractivity contribution in [3.8, 4) is 11.5 Å². The predicted octanol–water partition coefficient (Wildman–Crippen LogP) is 1.39. The van der Waals surface area contributed by atoms with E-state index in [0.717, 1.165) is 30.0 Å². The molecule has 0 aromatic heterocycles. The van der Waals surface area contributed by atoms with Crippen molar-refractivity contribution in [3.63, 3.8) is 0 Å². The van der Waals surface area contributed by atoms with Crippen LogP contribution in [0.2, 0.25) is 0 Å². The Morgan fingerprint density at radius 1 is 1.38 bits per heavy atom. The van der Waals surface area contributed by atoms with Gasteiger partial charge in [-0.3, -0.25) is 0 Å². The second-order valence-electron chi connectivity index (χ2n) is 3.98. The summed E-state index contributed by atoms with van der Waals surface area (Å²) in [4.78, 5) is 0. The zero-order valence-corrected chi connectivity index (χ0v) is 9.75. The van der Waals surface area contributed by atoms with Crippen LogP contribution >= 0.6 is 0 Å². The number of nitrogens with two attached hydrogens (primary N) is 1. The molecule has 1 aliphatic heterocycles. The van der Waals surface area contributed by atoms with Crippen molar-refractivity contribution < 1.29 is 9.47 Å². The van der Waals surface area contributed by atoms with Crippen LogP contribution in [-0.2, 0) is 6.42 Å². The van der Waals surface area contributed by atoms with Gasteiger partial charge in [0.05, 0.1) is 19.9 Å². The quantitative estimate of drug-likeness (QED) is 0.811. The summed E-state index contributed by atoms with van der Waals surface area (Å²) in [6, 6.07) is 4.29. The number of anilines is 1. The number of nitrogens with one attached hydrogen (secondary N) is 1.